The normalized spacial score (nSPS) is 16.8. The van der Waals surface area contributed by atoms with Crippen LogP contribution in [0.2, 0.25) is 0 Å². The van der Waals surface area contributed by atoms with Crippen LogP contribution in [0.25, 0.3) is 5.52 Å². The van der Waals surface area contributed by atoms with Crippen molar-refractivity contribution in [1.29, 1.82) is 0 Å². The third kappa shape index (κ3) is 2.32. The maximum atomic E-state index is 9.00. The molecule has 108 valence electrons. The molecule has 0 amide bonds. The fraction of sp³-hybridized carbons (Fsp3) is 0.500. The number of pyridine rings is 1. The molecule has 6 heteroatoms. The molecule has 1 aliphatic rings. The molecule has 2 aromatic heterocycles. The lowest BCUT2D eigenvalue weighted by Gasteiger charge is -2.34. The lowest BCUT2D eigenvalue weighted by atomic mass is 10.3. The Morgan fingerprint density at radius 1 is 1.25 bits per heavy atom. The molecule has 1 aliphatic heterocycles. The molecule has 20 heavy (non-hydrogen) atoms. The summed E-state index contributed by atoms with van der Waals surface area (Å²) in [6.07, 6.45) is 1.97. The van der Waals surface area contributed by atoms with Crippen molar-refractivity contribution in [2.45, 2.75) is 0 Å². The highest BCUT2D eigenvalue weighted by Crippen LogP contribution is 2.29. The number of aliphatic hydroxyl groups excluding tert-OH is 1. The van der Waals surface area contributed by atoms with E-state index in [2.05, 4.69) is 21.2 Å². The van der Waals surface area contributed by atoms with E-state index in [1.165, 1.54) is 0 Å². The summed E-state index contributed by atoms with van der Waals surface area (Å²) >= 11 is 0. The van der Waals surface area contributed by atoms with Gasteiger partial charge < -0.3 is 15.3 Å². The van der Waals surface area contributed by atoms with Crippen molar-refractivity contribution in [2.75, 3.05) is 56.6 Å². The van der Waals surface area contributed by atoms with Crippen molar-refractivity contribution in [3.05, 3.63) is 24.4 Å². The van der Waals surface area contributed by atoms with Gasteiger partial charge >= 0.3 is 0 Å². The minimum atomic E-state index is 0.232. The summed E-state index contributed by atoms with van der Waals surface area (Å²) < 4.78 is 1.92. The molecule has 6 nitrogen and oxygen atoms in total. The second kappa shape index (κ2) is 5.68. The first-order chi connectivity index (χ1) is 9.83. The van der Waals surface area contributed by atoms with Crippen molar-refractivity contribution < 1.29 is 5.11 Å². The lowest BCUT2D eigenvalue weighted by molar-refractivity contribution is 0.188. The molecule has 2 N–H and O–H groups in total. The SMILES string of the molecule is CNc1c(N2CCN(CCO)CC2)nn2ccccc12. The standard InChI is InChI=1S/C14H21N5O/c1-15-13-12-4-2-3-5-19(12)16-14(13)18-8-6-17(7-9-18)10-11-20/h2-5,15,20H,6-11H2,1H3. The summed E-state index contributed by atoms with van der Waals surface area (Å²) in [5, 5.41) is 17.0. The first kappa shape index (κ1) is 13.2. The zero-order chi connectivity index (χ0) is 13.9. The smallest absolute Gasteiger partial charge is 0.175 e. The Balaban J connectivity index is 1.84. The second-order valence-corrected chi connectivity index (χ2v) is 5.03. The largest absolute Gasteiger partial charge is 0.395 e. The van der Waals surface area contributed by atoms with Gasteiger partial charge in [0, 0.05) is 46.0 Å². The van der Waals surface area contributed by atoms with Gasteiger partial charge in [-0.3, -0.25) is 4.90 Å². The van der Waals surface area contributed by atoms with Crippen LogP contribution in [-0.2, 0) is 0 Å². The fourth-order valence-corrected chi connectivity index (χ4v) is 2.77. The number of fused-ring (bicyclic) bond motifs is 1. The molecule has 0 bridgehead atoms. The van der Waals surface area contributed by atoms with E-state index >= 15 is 0 Å². The monoisotopic (exact) mass is 275 g/mol. The summed E-state index contributed by atoms with van der Waals surface area (Å²) in [7, 11) is 1.94. The van der Waals surface area contributed by atoms with Gasteiger partial charge in [0.2, 0.25) is 0 Å². The van der Waals surface area contributed by atoms with E-state index in [4.69, 9.17) is 10.2 Å². The average molecular weight is 275 g/mol. The van der Waals surface area contributed by atoms with Gasteiger partial charge in [0.1, 0.15) is 5.69 Å². The highest BCUT2D eigenvalue weighted by molar-refractivity contribution is 5.83. The minimum absolute atomic E-state index is 0.232. The maximum Gasteiger partial charge on any atom is 0.175 e. The van der Waals surface area contributed by atoms with Gasteiger partial charge in [-0.15, -0.1) is 5.10 Å². The fourth-order valence-electron chi connectivity index (χ4n) is 2.77. The van der Waals surface area contributed by atoms with Crippen molar-refractivity contribution in [2.24, 2.45) is 0 Å². The molecule has 0 aromatic carbocycles. The molecule has 0 radical (unpaired) electrons. The molecule has 0 spiro atoms. The molecular weight excluding hydrogens is 254 g/mol. The van der Waals surface area contributed by atoms with Crippen LogP contribution < -0.4 is 10.2 Å². The molecule has 3 rings (SSSR count). The van der Waals surface area contributed by atoms with Crippen molar-refractivity contribution in [3.8, 4) is 0 Å². The van der Waals surface area contributed by atoms with Crippen LogP contribution in [0.15, 0.2) is 24.4 Å². The van der Waals surface area contributed by atoms with Gasteiger partial charge in [0.15, 0.2) is 5.82 Å². The van der Waals surface area contributed by atoms with Crippen LogP contribution in [0.3, 0.4) is 0 Å². The van der Waals surface area contributed by atoms with E-state index in [9.17, 15) is 0 Å². The minimum Gasteiger partial charge on any atom is -0.395 e. The average Bonchev–Trinajstić information content (AvgIpc) is 2.87. The van der Waals surface area contributed by atoms with E-state index in [0.717, 1.165) is 49.7 Å². The van der Waals surface area contributed by atoms with E-state index in [1.54, 1.807) is 0 Å². The van der Waals surface area contributed by atoms with Crippen LogP contribution in [0.5, 0.6) is 0 Å². The Bertz CT molecular complexity index is 574. The zero-order valence-corrected chi connectivity index (χ0v) is 11.8. The molecule has 1 fully saturated rings. The quantitative estimate of drug-likeness (QED) is 0.850. The summed E-state index contributed by atoms with van der Waals surface area (Å²) in [4.78, 5) is 4.60. The molecule has 0 saturated carbocycles. The lowest BCUT2D eigenvalue weighted by Crippen LogP contribution is -2.47. The highest BCUT2D eigenvalue weighted by Gasteiger charge is 2.22. The number of piperazine rings is 1. The summed E-state index contributed by atoms with van der Waals surface area (Å²) in [5.74, 6) is 1.02. The molecule has 0 unspecified atom stereocenters. The Labute approximate surface area is 118 Å². The number of hydrogen-bond donors (Lipinski definition) is 2. The Kier molecular flexibility index (Phi) is 3.75. The predicted molar refractivity (Wildman–Crippen MR) is 80.5 cm³/mol. The molecule has 0 atom stereocenters. The number of nitrogens with one attached hydrogen (secondary N) is 1. The highest BCUT2D eigenvalue weighted by atomic mass is 16.3. The van der Waals surface area contributed by atoms with Gasteiger partial charge in [-0.25, -0.2) is 4.52 Å². The van der Waals surface area contributed by atoms with Crippen LogP contribution in [0.1, 0.15) is 0 Å². The van der Waals surface area contributed by atoms with Crippen LogP contribution >= 0.6 is 0 Å². The van der Waals surface area contributed by atoms with Gasteiger partial charge in [-0.1, -0.05) is 6.07 Å². The van der Waals surface area contributed by atoms with Gasteiger partial charge in [0.05, 0.1) is 12.1 Å². The zero-order valence-electron chi connectivity index (χ0n) is 11.8. The number of hydrogen-bond acceptors (Lipinski definition) is 5. The molecular formula is C14H21N5O. The van der Waals surface area contributed by atoms with Crippen LogP contribution in [0, 0.1) is 0 Å². The number of rotatable bonds is 4. The molecule has 3 heterocycles. The Morgan fingerprint density at radius 2 is 2.05 bits per heavy atom. The second-order valence-electron chi connectivity index (χ2n) is 5.03. The Hall–Kier alpha value is -1.79. The van der Waals surface area contributed by atoms with Gasteiger partial charge in [-0.2, -0.15) is 0 Å². The van der Waals surface area contributed by atoms with Crippen LogP contribution in [-0.4, -0.2) is 66.0 Å². The number of aromatic nitrogens is 2. The van der Waals surface area contributed by atoms with Crippen molar-refractivity contribution >= 4 is 17.0 Å². The van der Waals surface area contributed by atoms with Gasteiger partial charge in [-0.05, 0) is 12.1 Å². The summed E-state index contributed by atoms with van der Waals surface area (Å²) in [5.41, 5.74) is 2.18. The van der Waals surface area contributed by atoms with Crippen molar-refractivity contribution in [1.82, 2.24) is 14.5 Å². The Morgan fingerprint density at radius 3 is 2.75 bits per heavy atom. The molecule has 1 saturated heterocycles. The summed E-state index contributed by atoms with van der Waals surface area (Å²) in [6, 6.07) is 6.09. The third-order valence-corrected chi connectivity index (χ3v) is 3.86. The first-order valence-corrected chi connectivity index (χ1v) is 7.07. The van der Waals surface area contributed by atoms with Crippen molar-refractivity contribution in [3.63, 3.8) is 0 Å². The van der Waals surface area contributed by atoms with E-state index < -0.39 is 0 Å². The van der Waals surface area contributed by atoms with Gasteiger partial charge in [0.25, 0.3) is 0 Å². The van der Waals surface area contributed by atoms with E-state index in [0.29, 0.717) is 0 Å². The molecule has 0 aliphatic carbocycles. The number of β-amino-alcohol motifs (C(OH)–C–C–N with tert-alkyl or cyclic N) is 1. The van der Waals surface area contributed by atoms with E-state index in [1.807, 2.05) is 29.9 Å². The third-order valence-electron chi connectivity index (χ3n) is 3.86. The topological polar surface area (TPSA) is 56.0 Å². The summed E-state index contributed by atoms with van der Waals surface area (Å²) in [6.45, 7) is 4.82. The number of nitrogens with zero attached hydrogens (tertiary/aromatic N) is 4. The maximum absolute atomic E-state index is 9.00. The van der Waals surface area contributed by atoms with Crippen LogP contribution in [0.4, 0.5) is 11.5 Å². The predicted octanol–water partition coefficient (Wildman–Crippen LogP) is 0.490. The molecule has 2 aromatic rings. The number of aliphatic hydroxyl groups is 1. The first-order valence-electron chi connectivity index (χ1n) is 7.07. The number of anilines is 2. The van der Waals surface area contributed by atoms with E-state index in [-0.39, 0.29) is 6.61 Å².